The number of likely N-dealkylation sites (N-methyl/N-ethyl adjacent to an activating group) is 1. The minimum Gasteiger partial charge on any atom is -0.314 e. The van der Waals surface area contributed by atoms with Gasteiger partial charge in [-0.05, 0) is 55.3 Å². The summed E-state index contributed by atoms with van der Waals surface area (Å²) in [5.74, 6) is 1.50. The van der Waals surface area contributed by atoms with Crippen LogP contribution in [0.3, 0.4) is 0 Å². The molecule has 3 atom stereocenters. The molecule has 0 amide bonds. The van der Waals surface area contributed by atoms with E-state index in [1.165, 1.54) is 24.8 Å². The Morgan fingerprint density at radius 3 is 2.56 bits per heavy atom. The second-order valence-corrected chi connectivity index (χ2v) is 5.67. The average molecular weight is 249 g/mol. The summed E-state index contributed by atoms with van der Waals surface area (Å²) in [6, 6.07) is 7.51. The summed E-state index contributed by atoms with van der Waals surface area (Å²) in [6.07, 6.45) is 5.04. The fraction of sp³-hybridized carbons (Fsp3) is 0.625. The van der Waals surface area contributed by atoms with Crippen molar-refractivity contribution >= 4 is 0 Å². The molecule has 0 heterocycles. The van der Waals surface area contributed by atoms with Crippen LogP contribution in [-0.2, 0) is 6.42 Å². The van der Waals surface area contributed by atoms with E-state index in [2.05, 4.69) is 19.2 Å². The molecule has 0 saturated heterocycles. The molecule has 1 aromatic rings. The monoisotopic (exact) mass is 249 g/mol. The minimum atomic E-state index is -0.145. The van der Waals surface area contributed by atoms with Gasteiger partial charge in [-0.3, -0.25) is 0 Å². The third kappa shape index (κ3) is 3.55. The largest absolute Gasteiger partial charge is 0.314 e. The summed E-state index contributed by atoms with van der Waals surface area (Å²) in [4.78, 5) is 0. The molecule has 1 nitrogen and oxygen atoms in total. The number of benzene rings is 1. The summed E-state index contributed by atoms with van der Waals surface area (Å²) >= 11 is 0. The third-order valence-electron chi connectivity index (χ3n) is 4.14. The van der Waals surface area contributed by atoms with Crippen molar-refractivity contribution in [3.8, 4) is 0 Å². The molecule has 1 saturated carbocycles. The molecule has 1 aliphatic rings. The van der Waals surface area contributed by atoms with Gasteiger partial charge in [0.1, 0.15) is 5.82 Å². The van der Waals surface area contributed by atoms with Crippen LogP contribution in [-0.4, -0.2) is 12.6 Å². The molecular formula is C16H24FN. The van der Waals surface area contributed by atoms with Crippen LogP contribution in [0.4, 0.5) is 4.39 Å². The second-order valence-electron chi connectivity index (χ2n) is 5.67. The van der Waals surface area contributed by atoms with Gasteiger partial charge in [-0.2, -0.15) is 0 Å². The van der Waals surface area contributed by atoms with E-state index in [1.807, 2.05) is 12.1 Å². The molecule has 18 heavy (non-hydrogen) atoms. The van der Waals surface area contributed by atoms with Crippen LogP contribution in [0.1, 0.15) is 38.7 Å². The molecule has 0 radical (unpaired) electrons. The van der Waals surface area contributed by atoms with Crippen LogP contribution < -0.4 is 5.32 Å². The minimum absolute atomic E-state index is 0.145. The van der Waals surface area contributed by atoms with E-state index in [0.29, 0.717) is 6.04 Å². The van der Waals surface area contributed by atoms with Gasteiger partial charge in [-0.15, -0.1) is 0 Å². The number of hydrogen-bond donors (Lipinski definition) is 1. The van der Waals surface area contributed by atoms with E-state index < -0.39 is 0 Å². The normalized spacial score (nSPS) is 25.3. The second kappa shape index (κ2) is 6.33. The highest BCUT2D eigenvalue weighted by molar-refractivity contribution is 5.17. The Kier molecular flexibility index (Phi) is 4.76. The summed E-state index contributed by atoms with van der Waals surface area (Å²) < 4.78 is 12.9. The Labute approximate surface area is 110 Å². The summed E-state index contributed by atoms with van der Waals surface area (Å²) in [5, 5.41) is 3.61. The Hall–Kier alpha value is -0.890. The van der Waals surface area contributed by atoms with E-state index in [4.69, 9.17) is 0 Å². The van der Waals surface area contributed by atoms with Crippen LogP contribution in [0.5, 0.6) is 0 Å². The predicted molar refractivity (Wildman–Crippen MR) is 74.1 cm³/mol. The van der Waals surface area contributed by atoms with Gasteiger partial charge in [0.2, 0.25) is 0 Å². The van der Waals surface area contributed by atoms with Crippen LogP contribution in [0.2, 0.25) is 0 Å². The molecule has 2 rings (SSSR count). The zero-order chi connectivity index (χ0) is 13.0. The zero-order valence-corrected chi connectivity index (χ0v) is 11.5. The highest BCUT2D eigenvalue weighted by Crippen LogP contribution is 2.33. The van der Waals surface area contributed by atoms with Crippen LogP contribution in [0.25, 0.3) is 0 Å². The van der Waals surface area contributed by atoms with E-state index in [1.54, 1.807) is 12.1 Å². The maximum atomic E-state index is 12.9. The first-order chi connectivity index (χ1) is 8.69. The molecule has 100 valence electrons. The first kappa shape index (κ1) is 13.5. The maximum absolute atomic E-state index is 12.9. The van der Waals surface area contributed by atoms with Crippen molar-refractivity contribution in [2.45, 2.75) is 45.6 Å². The first-order valence-electron chi connectivity index (χ1n) is 7.17. The van der Waals surface area contributed by atoms with E-state index in [-0.39, 0.29) is 5.82 Å². The van der Waals surface area contributed by atoms with Gasteiger partial charge in [-0.25, -0.2) is 4.39 Å². The Morgan fingerprint density at radius 1 is 1.28 bits per heavy atom. The lowest BCUT2D eigenvalue weighted by Gasteiger charge is -2.24. The fourth-order valence-corrected chi connectivity index (χ4v) is 3.16. The number of hydrogen-bond acceptors (Lipinski definition) is 1. The molecule has 1 fully saturated rings. The Balaban J connectivity index is 1.99. The number of rotatable bonds is 5. The average Bonchev–Trinajstić information content (AvgIpc) is 2.78. The molecule has 0 aliphatic heterocycles. The SMILES string of the molecule is CCNC(Cc1ccc(F)cc1)C1CCC(C)C1. The fourth-order valence-electron chi connectivity index (χ4n) is 3.16. The van der Waals surface area contributed by atoms with Crippen molar-refractivity contribution in [3.63, 3.8) is 0 Å². The summed E-state index contributed by atoms with van der Waals surface area (Å²) in [7, 11) is 0. The van der Waals surface area contributed by atoms with E-state index in [9.17, 15) is 4.39 Å². The topological polar surface area (TPSA) is 12.0 Å². The number of nitrogens with one attached hydrogen (secondary N) is 1. The first-order valence-corrected chi connectivity index (χ1v) is 7.17. The predicted octanol–water partition coefficient (Wildman–Crippen LogP) is 3.78. The summed E-state index contributed by atoms with van der Waals surface area (Å²) in [5.41, 5.74) is 1.24. The third-order valence-corrected chi connectivity index (χ3v) is 4.14. The maximum Gasteiger partial charge on any atom is 0.123 e. The number of halogens is 1. The van der Waals surface area contributed by atoms with Crippen molar-refractivity contribution in [2.75, 3.05) is 6.54 Å². The van der Waals surface area contributed by atoms with Gasteiger partial charge in [0.25, 0.3) is 0 Å². The highest BCUT2D eigenvalue weighted by Gasteiger charge is 2.28. The van der Waals surface area contributed by atoms with E-state index in [0.717, 1.165) is 24.8 Å². The van der Waals surface area contributed by atoms with Crippen molar-refractivity contribution < 1.29 is 4.39 Å². The van der Waals surface area contributed by atoms with E-state index >= 15 is 0 Å². The Bertz CT molecular complexity index is 360. The highest BCUT2D eigenvalue weighted by atomic mass is 19.1. The van der Waals surface area contributed by atoms with Gasteiger partial charge in [0, 0.05) is 6.04 Å². The van der Waals surface area contributed by atoms with Gasteiger partial charge < -0.3 is 5.32 Å². The molecule has 3 unspecified atom stereocenters. The zero-order valence-electron chi connectivity index (χ0n) is 11.5. The molecular weight excluding hydrogens is 225 g/mol. The molecule has 2 heteroatoms. The van der Waals surface area contributed by atoms with Crippen molar-refractivity contribution in [2.24, 2.45) is 11.8 Å². The molecule has 0 bridgehead atoms. The Morgan fingerprint density at radius 2 is 2.00 bits per heavy atom. The van der Waals surface area contributed by atoms with Crippen molar-refractivity contribution in [1.29, 1.82) is 0 Å². The van der Waals surface area contributed by atoms with Gasteiger partial charge in [0.15, 0.2) is 0 Å². The lowest BCUT2D eigenvalue weighted by molar-refractivity contribution is 0.354. The quantitative estimate of drug-likeness (QED) is 0.837. The molecule has 1 N–H and O–H groups in total. The smallest absolute Gasteiger partial charge is 0.123 e. The van der Waals surface area contributed by atoms with Crippen molar-refractivity contribution in [3.05, 3.63) is 35.6 Å². The molecule has 1 aliphatic carbocycles. The van der Waals surface area contributed by atoms with Gasteiger partial charge in [0.05, 0.1) is 0 Å². The lowest BCUT2D eigenvalue weighted by Crippen LogP contribution is -2.37. The van der Waals surface area contributed by atoms with Crippen molar-refractivity contribution in [1.82, 2.24) is 5.32 Å². The lowest BCUT2D eigenvalue weighted by atomic mass is 9.91. The van der Waals surface area contributed by atoms with Crippen LogP contribution in [0.15, 0.2) is 24.3 Å². The van der Waals surface area contributed by atoms with Gasteiger partial charge >= 0.3 is 0 Å². The molecule has 0 aromatic heterocycles. The molecule has 0 spiro atoms. The molecule has 1 aromatic carbocycles. The van der Waals surface area contributed by atoms with Crippen LogP contribution >= 0.6 is 0 Å². The van der Waals surface area contributed by atoms with Gasteiger partial charge in [-0.1, -0.05) is 32.4 Å². The standard InChI is InChI=1S/C16H24FN/c1-3-18-16(14-7-4-12(2)10-14)11-13-5-8-15(17)9-6-13/h5-6,8-9,12,14,16,18H,3-4,7,10-11H2,1-2H3. The van der Waals surface area contributed by atoms with Crippen LogP contribution in [0, 0.1) is 17.7 Å². The summed E-state index contributed by atoms with van der Waals surface area (Å²) in [6.45, 7) is 5.52.